The van der Waals surface area contributed by atoms with E-state index in [2.05, 4.69) is 39.5 Å². The maximum atomic E-state index is 14.2. The average Bonchev–Trinajstić information content (AvgIpc) is 3.02. The number of piperidine rings is 1. The summed E-state index contributed by atoms with van der Waals surface area (Å²) in [4.78, 5) is 34.3. The van der Waals surface area contributed by atoms with E-state index in [0.29, 0.717) is 31.8 Å². The molecule has 1 saturated heterocycles. The van der Waals surface area contributed by atoms with Gasteiger partial charge in [0.05, 0.1) is 11.3 Å². The number of hydrogen-bond donors (Lipinski definition) is 1. The Morgan fingerprint density at radius 3 is 2.37 bits per heavy atom. The van der Waals surface area contributed by atoms with E-state index in [-0.39, 0.29) is 23.3 Å². The molecule has 0 atom stereocenters. The Bertz CT molecular complexity index is 1610. The van der Waals surface area contributed by atoms with Gasteiger partial charge in [0.15, 0.2) is 0 Å². The first-order valence-corrected chi connectivity index (χ1v) is 14.3. The molecule has 1 fully saturated rings. The SMILES string of the molecule is Cc1ccccc1/C=C/C(=O)Nc1ccc(F)cc1C(=O)N1CCC(Oc2ccc(-c3ccc(N(C)C)cc3)cn2)CC1. The molecule has 2 amide bonds. The molecule has 1 N–H and O–H groups in total. The van der Waals surface area contributed by atoms with Crippen LogP contribution in [0, 0.1) is 12.7 Å². The van der Waals surface area contributed by atoms with Gasteiger partial charge in [0.1, 0.15) is 11.9 Å². The van der Waals surface area contributed by atoms with E-state index in [1.807, 2.05) is 57.4 Å². The van der Waals surface area contributed by atoms with Gasteiger partial charge in [-0.3, -0.25) is 9.59 Å². The van der Waals surface area contributed by atoms with Crippen molar-refractivity contribution in [3.63, 3.8) is 0 Å². The highest BCUT2D eigenvalue weighted by Crippen LogP contribution is 2.26. The van der Waals surface area contributed by atoms with Gasteiger partial charge < -0.3 is 19.9 Å². The molecule has 0 unspecified atom stereocenters. The molecule has 1 aromatic heterocycles. The summed E-state index contributed by atoms with van der Waals surface area (Å²) in [6.07, 6.45) is 6.04. The van der Waals surface area contributed by atoms with Crippen molar-refractivity contribution in [2.75, 3.05) is 37.4 Å². The van der Waals surface area contributed by atoms with E-state index in [1.54, 1.807) is 17.2 Å². The van der Waals surface area contributed by atoms with Crippen LogP contribution in [0.15, 0.2) is 91.1 Å². The molecule has 0 radical (unpaired) electrons. The normalized spacial score (nSPS) is 13.6. The van der Waals surface area contributed by atoms with Crippen molar-refractivity contribution in [1.82, 2.24) is 9.88 Å². The molecule has 1 aliphatic heterocycles. The first-order valence-electron chi connectivity index (χ1n) is 14.3. The van der Waals surface area contributed by atoms with Crippen LogP contribution in [0.3, 0.4) is 0 Å². The van der Waals surface area contributed by atoms with E-state index in [9.17, 15) is 14.0 Å². The number of nitrogens with zero attached hydrogens (tertiary/aromatic N) is 3. The second-order valence-electron chi connectivity index (χ2n) is 10.8. The Morgan fingerprint density at radius 1 is 0.977 bits per heavy atom. The lowest BCUT2D eigenvalue weighted by atomic mass is 10.0. The zero-order valence-electron chi connectivity index (χ0n) is 24.6. The monoisotopic (exact) mass is 578 g/mol. The summed E-state index contributed by atoms with van der Waals surface area (Å²) < 4.78 is 20.3. The largest absolute Gasteiger partial charge is 0.474 e. The van der Waals surface area contributed by atoms with Gasteiger partial charge in [0.25, 0.3) is 5.91 Å². The van der Waals surface area contributed by atoms with Crippen molar-refractivity contribution >= 4 is 29.3 Å². The molecular formula is C35H35FN4O3. The fraction of sp³-hybridized carbons (Fsp3) is 0.229. The summed E-state index contributed by atoms with van der Waals surface area (Å²) in [7, 11) is 4.02. The first-order chi connectivity index (χ1) is 20.8. The van der Waals surface area contributed by atoms with Crippen LogP contribution < -0.4 is 15.0 Å². The van der Waals surface area contributed by atoms with Gasteiger partial charge in [-0.05, 0) is 66.1 Å². The Kier molecular flexibility index (Phi) is 9.15. The molecule has 3 aromatic carbocycles. The second kappa shape index (κ2) is 13.3. The molecule has 0 aliphatic carbocycles. The summed E-state index contributed by atoms with van der Waals surface area (Å²) in [6, 6.07) is 23.6. The molecule has 43 heavy (non-hydrogen) atoms. The second-order valence-corrected chi connectivity index (χ2v) is 10.8. The maximum absolute atomic E-state index is 14.2. The minimum absolute atomic E-state index is 0.0972. The standard InChI is InChI=1S/C35H35FN4O3/c1-24-6-4-5-7-25(24)10-16-33(41)38-32-15-12-28(36)22-31(32)35(42)40-20-18-30(19-21-40)43-34-17-11-27(23-37-34)26-8-13-29(14-9-26)39(2)3/h4-17,22-23,30H,18-21H2,1-3H3,(H,38,41)/b16-10+. The third kappa shape index (κ3) is 7.46. The molecular weight excluding hydrogens is 543 g/mol. The summed E-state index contributed by atoms with van der Waals surface area (Å²) in [5.41, 5.74) is 5.55. The molecule has 1 aliphatic rings. The molecule has 0 saturated carbocycles. The van der Waals surface area contributed by atoms with E-state index in [4.69, 9.17) is 4.74 Å². The first kappa shape index (κ1) is 29.5. The van der Waals surface area contributed by atoms with Crippen LogP contribution in [0.25, 0.3) is 17.2 Å². The van der Waals surface area contributed by atoms with E-state index >= 15 is 0 Å². The molecule has 7 nitrogen and oxygen atoms in total. The van der Waals surface area contributed by atoms with Gasteiger partial charge in [0.2, 0.25) is 11.8 Å². The summed E-state index contributed by atoms with van der Waals surface area (Å²) in [5, 5.41) is 2.74. The number of aryl methyl sites for hydroxylation is 1. The van der Waals surface area contributed by atoms with Crippen LogP contribution in [0.1, 0.15) is 34.3 Å². The van der Waals surface area contributed by atoms with Gasteiger partial charge in [-0.2, -0.15) is 0 Å². The molecule has 8 heteroatoms. The van der Waals surface area contributed by atoms with E-state index in [1.165, 1.54) is 24.3 Å². The lowest BCUT2D eigenvalue weighted by molar-refractivity contribution is -0.111. The van der Waals surface area contributed by atoms with Gasteiger partial charge in [0, 0.05) is 69.6 Å². The third-order valence-electron chi connectivity index (χ3n) is 7.54. The smallest absolute Gasteiger partial charge is 0.256 e. The zero-order valence-corrected chi connectivity index (χ0v) is 24.6. The number of ether oxygens (including phenoxy) is 1. The predicted octanol–water partition coefficient (Wildman–Crippen LogP) is 6.60. The minimum atomic E-state index is -0.543. The van der Waals surface area contributed by atoms with Crippen molar-refractivity contribution < 1.29 is 18.7 Å². The van der Waals surface area contributed by atoms with Crippen LogP contribution in [-0.4, -0.2) is 55.0 Å². The molecule has 5 rings (SSSR count). The lowest BCUT2D eigenvalue weighted by Gasteiger charge is -2.32. The highest BCUT2D eigenvalue weighted by atomic mass is 19.1. The third-order valence-corrected chi connectivity index (χ3v) is 7.54. The number of aromatic nitrogens is 1. The Labute approximate surface area is 251 Å². The van der Waals surface area contributed by atoms with Crippen LogP contribution >= 0.6 is 0 Å². The van der Waals surface area contributed by atoms with Crippen LogP contribution in [0.2, 0.25) is 0 Å². The molecule has 4 aromatic rings. The number of hydrogen-bond acceptors (Lipinski definition) is 5. The zero-order chi connectivity index (χ0) is 30.3. The average molecular weight is 579 g/mol. The van der Waals surface area contributed by atoms with Crippen LogP contribution in [0.5, 0.6) is 5.88 Å². The Morgan fingerprint density at radius 2 is 1.70 bits per heavy atom. The number of benzene rings is 3. The summed E-state index contributed by atoms with van der Waals surface area (Å²) >= 11 is 0. The van der Waals surface area contributed by atoms with Crippen molar-refractivity contribution in [3.8, 4) is 17.0 Å². The van der Waals surface area contributed by atoms with Crippen molar-refractivity contribution in [3.05, 3.63) is 114 Å². The van der Waals surface area contributed by atoms with E-state index < -0.39 is 11.7 Å². The molecule has 0 bridgehead atoms. The fourth-order valence-electron chi connectivity index (χ4n) is 5.01. The fourth-order valence-corrected chi connectivity index (χ4v) is 5.01. The van der Waals surface area contributed by atoms with E-state index in [0.717, 1.165) is 27.9 Å². The van der Waals surface area contributed by atoms with Crippen LogP contribution in [-0.2, 0) is 4.79 Å². The quantitative estimate of drug-likeness (QED) is 0.239. The topological polar surface area (TPSA) is 74.8 Å². The number of likely N-dealkylation sites (tertiary alicyclic amines) is 1. The summed E-state index contributed by atoms with van der Waals surface area (Å²) in [6.45, 7) is 2.84. The summed E-state index contributed by atoms with van der Waals surface area (Å²) in [5.74, 6) is -0.746. The number of halogens is 1. The highest BCUT2D eigenvalue weighted by Gasteiger charge is 2.27. The maximum Gasteiger partial charge on any atom is 0.256 e. The van der Waals surface area contributed by atoms with Crippen molar-refractivity contribution in [2.45, 2.75) is 25.9 Å². The Hall–Kier alpha value is -4.98. The van der Waals surface area contributed by atoms with Gasteiger partial charge in [-0.1, -0.05) is 36.4 Å². The number of anilines is 2. The van der Waals surface area contributed by atoms with Gasteiger partial charge in [-0.25, -0.2) is 9.37 Å². The predicted molar refractivity (Wildman–Crippen MR) is 169 cm³/mol. The van der Waals surface area contributed by atoms with Gasteiger partial charge >= 0.3 is 0 Å². The minimum Gasteiger partial charge on any atom is -0.474 e. The number of rotatable bonds is 8. The molecule has 220 valence electrons. The Balaban J connectivity index is 1.17. The highest BCUT2D eigenvalue weighted by molar-refractivity contribution is 6.07. The van der Waals surface area contributed by atoms with Crippen LogP contribution in [0.4, 0.5) is 15.8 Å². The van der Waals surface area contributed by atoms with Gasteiger partial charge in [-0.15, -0.1) is 0 Å². The number of pyridine rings is 1. The number of carbonyl (C=O) groups is 2. The number of amides is 2. The number of nitrogens with one attached hydrogen (secondary N) is 1. The molecule has 2 heterocycles. The van der Waals surface area contributed by atoms with Crippen molar-refractivity contribution in [2.24, 2.45) is 0 Å². The van der Waals surface area contributed by atoms with Crippen molar-refractivity contribution in [1.29, 1.82) is 0 Å². The molecule has 0 spiro atoms. The number of carbonyl (C=O) groups excluding carboxylic acids is 2. The lowest BCUT2D eigenvalue weighted by Crippen LogP contribution is -2.42.